The molecule has 1 aromatic carbocycles. The molecular formula is C23H33N2O2+. The van der Waals surface area contributed by atoms with Gasteiger partial charge in [0.1, 0.15) is 11.6 Å². The summed E-state index contributed by atoms with van der Waals surface area (Å²) in [6, 6.07) is 6.30. The van der Waals surface area contributed by atoms with E-state index in [1.54, 1.807) is 0 Å². The van der Waals surface area contributed by atoms with Gasteiger partial charge in [-0.05, 0) is 48.9 Å². The van der Waals surface area contributed by atoms with Crippen LogP contribution in [0.1, 0.15) is 72.9 Å². The van der Waals surface area contributed by atoms with Crippen LogP contribution < -0.4 is 5.73 Å². The molecule has 3 aliphatic carbocycles. The second kappa shape index (κ2) is 5.81. The molecule has 1 amide bonds. The third-order valence-electron chi connectivity index (χ3n) is 8.82. The number of quaternary nitrogens is 1. The van der Waals surface area contributed by atoms with E-state index in [4.69, 9.17) is 5.73 Å². The number of rotatable bonds is 3. The molecule has 1 aromatic rings. The van der Waals surface area contributed by atoms with Gasteiger partial charge in [-0.3, -0.25) is 4.79 Å². The summed E-state index contributed by atoms with van der Waals surface area (Å²) in [5, 5.41) is 12.2. The third kappa shape index (κ3) is 2.32. The SMILES string of the molecule is C[N+]1(CC2CCC2)CCC23CCCCC2(O)C1Cc1ccc(C(N)=O)cc13. The number of nitrogens with zero attached hydrogens (tertiary/aromatic N) is 1. The van der Waals surface area contributed by atoms with Crippen molar-refractivity contribution in [3.8, 4) is 0 Å². The minimum absolute atomic E-state index is 0.188. The summed E-state index contributed by atoms with van der Waals surface area (Å²) in [7, 11) is 2.41. The number of fused-ring (bicyclic) bond motifs is 1. The van der Waals surface area contributed by atoms with E-state index in [1.165, 1.54) is 43.4 Å². The third-order valence-corrected chi connectivity index (χ3v) is 8.82. The molecule has 4 unspecified atom stereocenters. The minimum atomic E-state index is -0.648. The van der Waals surface area contributed by atoms with Crippen molar-refractivity contribution in [1.82, 2.24) is 0 Å². The fourth-order valence-electron chi connectivity index (χ4n) is 7.16. The van der Waals surface area contributed by atoms with E-state index in [0.29, 0.717) is 5.56 Å². The van der Waals surface area contributed by atoms with Crippen LogP contribution in [-0.2, 0) is 11.8 Å². The number of hydrogen-bond donors (Lipinski definition) is 2. The Morgan fingerprint density at radius 3 is 2.70 bits per heavy atom. The maximum atomic E-state index is 12.2. The molecule has 3 fully saturated rings. The zero-order valence-corrected chi connectivity index (χ0v) is 16.5. The Bertz CT molecular complexity index is 789. The van der Waals surface area contributed by atoms with Crippen LogP contribution in [0.25, 0.3) is 0 Å². The van der Waals surface area contributed by atoms with Crippen molar-refractivity contribution in [2.24, 2.45) is 11.7 Å². The summed E-state index contributed by atoms with van der Waals surface area (Å²) in [6.07, 6.45) is 10.3. The molecular weight excluding hydrogens is 336 g/mol. The van der Waals surface area contributed by atoms with Gasteiger partial charge in [0.2, 0.25) is 5.91 Å². The molecule has 4 heteroatoms. The standard InChI is InChI=1S/C23H32N2O2/c1-25(15-16-5-4-6-16)12-11-22-9-2-3-10-23(22,27)20(25)14-17-7-8-18(21(24)26)13-19(17)22/h7-8,13,16,20,27H,2-6,9-12,14-15H2,1H3,(H-,24,26)/p+1. The lowest BCUT2D eigenvalue weighted by Gasteiger charge is -2.66. The predicted molar refractivity (Wildman–Crippen MR) is 105 cm³/mol. The Kier molecular flexibility index (Phi) is 3.80. The van der Waals surface area contributed by atoms with Crippen LogP contribution in [0.3, 0.4) is 0 Å². The van der Waals surface area contributed by atoms with Crippen LogP contribution in [-0.4, -0.2) is 47.3 Å². The van der Waals surface area contributed by atoms with E-state index < -0.39 is 5.60 Å². The molecule has 0 radical (unpaired) electrons. The largest absolute Gasteiger partial charge is 0.383 e. The topological polar surface area (TPSA) is 63.3 Å². The highest BCUT2D eigenvalue weighted by Gasteiger charge is 2.68. The fourth-order valence-corrected chi connectivity index (χ4v) is 7.16. The number of hydrogen-bond acceptors (Lipinski definition) is 2. The molecule has 5 rings (SSSR count). The molecule has 2 saturated carbocycles. The van der Waals surface area contributed by atoms with E-state index in [9.17, 15) is 9.90 Å². The van der Waals surface area contributed by atoms with E-state index in [2.05, 4.69) is 13.1 Å². The summed E-state index contributed by atoms with van der Waals surface area (Å²) in [5.41, 5.74) is 7.91. The summed E-state index contributed by atoms with van der Waals surface area (Å²) in [4.78, 5) is 11.8. The lowest BCUT2D eigenvalue weighted by molar-refractivity contribution is -0.952. The Balaban J connectivity index is 1.63. The molecule has 3 N–H and O–H groups in total. The van der Waals surface area contributed by atoms with E-state index in [1.807, 2.05) is 12.1 Å². The number of amides is 1. The second-order valence-electron chi connectivity index (χ2n) is 10.1. The molecule has 146 valence electrons. The molecule has 4 aliphatic rings. The van der Waals surface area contributed by atoms with Crippen molar-refractivity contribution in [3.63, 3.8) is 0 Å². The van der Waals surface area contributed by atoms with Crippen LogP contribution in [0.2, 0.25) is 0 Å². The first-order valence-electron chi connectivity index (χ1n) is 10.9. The number of piperidine rings is 1. The smallest absolute Gasteiger partial charge is 0.248 e. The Morgan fingerprint density at radius 2 is 2.00 bits per heavy atom. The molecule has 0 aromatic heterocycles. The van der Waals surface area contributed by atoms with Gasteiger partial charge in [0.25, 0.3) is 0 Å². The highest BCUT2D eigenvalue weighted by atomic mass is 16.3. The Labute approximate surface area is 162 Å². The van der Waals surface area contributed by atoms with Crippen molar-refractivity contribution in [2.45, 2.75) is 74.8 Å². The van der Waals surface area contributed by atoms with Crippen LogP contribution in [0.15, 0.2) is 18.2 Å². The van der Waals surface area contributed by atoms with Crippen molar-refractivity contribution >= 4 is 5.91 Å². The average molecular weight is 370 g/mol. The van der Waals surface area contributed by atoms with Gasteiger partial charge in [-0.2, -0.15) is 0 Å². The maximum Gasteiger partial charge on any atom is 0.248 e. The first-order valence-corrected chi connectivity index (χ1v) is 10.9. The van der Waals surface area contributed by atoms with Crippen LogP contribution in [0.4, 0.5) is 0 Å². The van der Waals surface area contributed by atoms with Gasteiger partial charge in [-0.1, -0.05) is 25.3 Å². The summed E-state index contributed by atoms with van der Waals surface area (Å²) in [6.45, 7) is 2.36. The lowest BCUT2D eigenvalue weighted by atomic mass is 9.49. The zero-order chi connectivity index (χ0) is 18.9. The van der Waals surface area contributed by atoms with Gasteiger partial charge in [0.15, 0.2) is 0 Å². The molecule has 4 atom stereocenters. The number of primary amides is 1. The highest BCUT2D eigenvalue weighted by molar-refractivity contribution is 5.93. The summed E-state index contributed by atoms with van der Waals surface area (Å²) in [5.74, 6) is 0.477. The predicted octanol–water partition coefficient (Wildman–Crippen LogP) is 2.90. The van der Waals surface area contributed by atoms with Gasteiger partial charge >= 0.3 is 0 Å². The van der Waals surface area contributed by atoms with Crippen molar-refractivity contribution in [2.75, 3.05) is 20.1 Å². The normalized spacial score (nSPS) is 40.6. The summed E-state index contributed by atoms with van der Waals surface area (Å²) >= 11 is 0. The van der Waals surface area contributed by atoms with Gasteiger partial charge in [-0.15, -0.1) is 0 Å². The Morgan fingerprint density at radius 1 is 1.22 bits per heavy atom. The van der Waals surface area contributed by atoms with Gasteiger partial charge in [0.05, 0.1) is 20.1 Å². The first-order chi connectivity index (χ1) is 12.9. The monoisotopic (exact) mass is 369 g/mol. The lowest BCUT2D eigenvalue weighted by Crippen LogP contribution is -2.78. The van der Waals surface area contributed by atoms with Crippen LogP contribution in [0, 0.1) is 5.92 Å². The number of likely N-dealkylation sites (N-methyl/N-ethyl adjacent to an activating group) is 1. The summed E-state index contributed by atoms with van der Waals surface area (Å²) < 4.78 is 1.03. The highest BCUT2D eigenvalue weighted by Crippen LogP contribution is 2.59. The maximum absolute atomic E-state index is 12.2. The number of nitrogens with two attached hydrogens (primary N) is 1. The molecule has 0 spiro atoms. The number of likely N-dealkylation sites (tertiary alicyclic amines) is 1. The quantitative estimate of drug-likeness (QED) is 0.805. The second-order valence-corrected chi connectivity index (χ2v) is 10.1. The Hall–Kier alpha value is -1.39. The van der Waals surface area contributed by atoms with Gasteiger partial charge in [-0.25, -0.2) is 0 Å². The number of carbonyl (C=O) groups is 1. The van der Waals surface area contributed by atoms with Gasteiger partial charge in [0, 0.05) is 29.7 Å². The number of aliphatic hydroxyl groups is 1. The molecule has 1 saturated heterocycles. The number of benzene rings is 1. The fraction of sp³-hybridized carbons (Fsp3) is 0.696. The molecule has 1 aliphatic heterocycles. The number of carbonyl (C=O) groups excluding carboxylic acids is 1. The first kappa shape index (κ1) is 17.7. The van der Waals surface area contributed by atoms with E-state index in [0.717, 1.165) is 49.0 Å². The van der Waals surface area contributed by atoms with Crippen LogP contribution in [0.5, 0.6) is 0 Å². The van der Waals surface area contributed by atoms with Crippen molar-refractivity contribution in [3.05, 3.63) is 34.9 Å². The average Bonchev–Trinajstić information content (AvgIpc) is 2.61. The molecule has 1 heterocycles. The molecule has 4 nitrogen and oxygen atoms in total. The minimum Gasteiger partial charge on any atom is -0.383 e. The van der Waals surface area contributed by atoms with Crippen LogP contribution >= 0.6 is 0 Å². The van der Waals surface area contributed by atoms with Crippen molar-refractivity contribution in [1.29, 1.82) is 0 Å². The van der Waals surface area contributed by atoms with E-state index in [-0.39, 0.29) is 17.4 Å². The van der Waals surface area contributed by atoms with E-state index >= 15 is 0 Å². The molecule has 27 heavy (non-hydrogen) atoms. The zero-order valence-electron chi connectivity index (χ0n) is 16.5. The molecule has 2 bridgehead atoms. The van der Waals surface area contributed by atoms with Gasteiger partial charge < -0.3 is 15.3 Å². The van der Waals surface area contributed by atoms with Crippen molar-refractivity contribution < 1.29 is 14.4 Å².